The van der Waals surface area contributed by atoms with E-state index in [2.05, 4.69) is 15.6 Å². The standard InChI is InChI=1S/C23H23N3O3/c1-29-21-10-3-2-7-18(21)11-12-22(27)26-20-9-4-6-17(14-20)15-25-23(28)19-8-5-13-24-16-19/h2-10,13-14,16H,11-12,15H2,1H3,(H,25,28)(H,26,27). The van der Waals surface area contributed by atoms with Gasteiger partial charge in [0.05, 0.1) is 12.7 Å². The van der Waals surface area contributed by atoms with Crippen LogP contribution in [0.25, 0.3) is 0 Å². The summed E-state index contributed by atoms with van der Waals surface area (Å²) in [6.07, 6.45) is 4.09. The fourth-order valence-electron chi connectivity index (χ4n) is 2.92. The van der Waals surface area contributed by atoms with E-state index in [1.54, 1.807) is 25.4 Å². The molecule has 2 amide bonds. The highest BCUT2D eigenvalue weighted by molar-refractivity contribution is 5.94. The normalized spacial score (nSPS) is 10.2. The van der Waals surface area contributed by atoms with Crippen LogP contribution in [0.3, 0.4) is 0 Å². The van der Waals surface area contributed by atoms with Crippen LogP contribution in [-0.4, -0.2) is 23.9 Å². The average molecular weight is 389 g/mol. The van der Waals surface area contributed by atoms with Gasteiger partial charge in [-0.3, -0.25) is 14.6 Å². The molecule has 0 saturated heterocycles. The Balaban J connectivity index is 1.52. The molecule has 3 rings (SSSR count). The lowest BCUT2D eigenvalue weighted by Gasteiger charge is -2.10. The number of pyridine rings is 1. The highest BCUT2D eigenvalue weighted by Gasteiger charge is 2.08. The molecule has 3 aromatic rings. The maximum Gasteiger partial charge on any atom is 0.253 e. The minimum absolute atomic E-state index is 0.0764. The van der Waals surface area contributed by atoms with Crippen molar-refractivity contribution in [3.63, 3.8) is 0 Å². The number of hydrogen-bond donors (Lipinski definition) is 2. The van der Waals surface area contributed by atoms with Gasteiger partial charge in [-0.2, -0.15) is 0 Å². The Labute approximate surface area is 169 Å². The van der Waals surface area contributed by atoms with E-state index in [-0.39, 0.29) is 11.8 Å². The summed E-state index contributed by atoms with van der Waals surface area (Å²) >= 11 is 0. The molecule has 0 aliphatic carbocycles. The molecule has 0 fully saturated rings. The van der Waals surface area contributed by atoms with Gasteiger partial charge in [0.25, 0.3) is 5.91 Å². The van der Waals surface area contributed by atoms with Gasteiger partial charge in [-0.25, -0.2) is 0 Å². The van der Waals surface area contributed by atoms with E-state index in [1.165, 1.54) is 6.20 Å². The summed E-state index contributed by atoms with van der Waals surface area (Å²) in [6.45, 7) is 0.360. The number of hydrogen-bond acceptors (Lipinski definition) is 4. The lowest BCUT2D eigenvalue weighted by atomic mass is 10.1. The van der Waals surface area contributed by atoms with Crippen LogP contribution in [0.2, 0.25) is 0 Å². The molecule has 0 saturated carbocycles. The lowest BCUT2D eigenvalue weighted by Crippen LogP contribution is -2.23. The predicted octanol–water partition coefficient (Wildman–Crippen LogP) is 3.59. The van der Waals surface area contributed by atoms with Gasteiger partial charge < -0.3 is 15.4 Å². The van der Waals surface area contributed by atoms with Crippen molar-refractivity contribution >= 4 is 17.5 Å². The lowest BCUT2D eigenvalue weighted by molar-refractivity contribution is -0.116. The minimum Gasteiger partial charge on any atom is -0.496 e. The summed E-state index contributed by atoms with van der Waals surface area (Å²) in [7, 11) is 1.62. The quantitative estimate of drug-likeness (QED) is 0.617. The number of ether oxygens (including phenoxy) is 1. The van der Waals surface area contributed by atoms with Crippen molar-refractivity contribution in [1.82, 2.24) is 10.3 Å². The Morgan fingerprint density at radius 3 is 2.69 bits per heavy atom. The Morgan fingerprint density at radius 1 is 1.03 bits per heavy atom. The van der Waals surface area contributed by atoms with Crippen LogP contribution in [-0.2, 0) is 17.8 Å². The molecule has 0 atom stereocenters. The second-order valence-electron chi connectivity index (χ2n) is 6.48. The molecule has 0 radical (unpaired) electrons. The Morgan fingerprint density at radius 2 is 1.90 bits per heavy atom. The molecule has 0 unspecified atom stereocenters. The van der Waals surface area contributed by atoms with Crippen LogP contribution >= 0.6 is 0 Å². The van der Waals surface area contributed by atoms with Crippen LogP contribution < -0.4 is 15.4 Å². The van der Waals surface area contributed by atoms with Crippen molar-refractivity contribution in [2.75, 3.05) is 12.4 Å². The van der Waals surface area contributed by atoms with Crippen LogP contribution in [0, 0.1) is 0 Å². The Bertz CT molecular complexity index is 974. The first-order chi connectivity index (χ1) is 14.2. The average Bonchev–Trinajstić information content (AvgIpc) is 2.77. The number of methoxy groups -OCH3 is 1. The number of amides is 2. The van der Waals surface area contributed by atoms with Gasteiger partial charge in [-0.1, -0.05) is 30.3 Å². The molecule has 29 heavy (non-hydrogen) atoms. The highest BCUT2D eigenvalue weighted by atomic mass is 16.5. The third kappa shape index (κ3) is 5.90. The number of nitrogens with zero attached hydrogens (tertiary/aromatic N) is 1. The third-order valence-electron chi connectivity index (χ3n) is 4.40. The number of para-hydroxylation sites is 1. The van der Waals surface area contributed by atoms with E-state index in [4.69, 9.17) is 4.74 Å². The molecule has 2 N–H and O–H groups in total. The summed E-state index contributed by atoms with van der Waals surface area (Å²) in [6, 6.07) is 18.5. The monoisotopic (exact) mass is 389 g/mol. The van der Waals surface area contributed by atoms with Crippen molar-refractivity contribution in [3.8, 4) is 5.75 Å². The van der Waals surface area contributed by atoms with Gasteiger partial charge in [0.2, 0.25) is 5.91 Å². The van der Waals surface area contributed by atoms with Gasteiger partial charge >= 0.3 is 0 Å². The van der Waals surface area contributed by atoms with Crippen molar-refractivity contribution in [2.24, 2.45) is 0 Å². The van der Waals surface area contributed by atoms with E-state index in [9.17, 15) is 9.59 Å². The second kappa shape index (κ2) is 10.0. The maximum absolute atomic E-state index is 12.3. The number of nitrogens with one attached hydrogen (secondary N) is 2. The SMILES string of the molecule is COc1ccccc1CCC(=O)Nc1cccc(CNC(=O)c2cccnc2)c1. The first kappa shape index (κ1) is 20.1. The van der Waals surface area contributed by atoms with E-state index in [1.807, 2.05) is 48.5 Å². The molecule has 148 valence electrons. The third-order valence-corrected chi connectivity index (χ3v) is 4.40. The molecule has 6 nitrogen and oxygen atoms in total. The number of rotatable bonds is 8. The summed E-state index contributed by atoms with van der Waals surface area (Å²) in [5.41, 5.74) is 3.10. The van der Waals surface area contributed by atoms with Crippen molar-refractivity contribution < 1.29 is 14.3 Å². The topological polar surface area (TPSA) is 80.3 Å². The van der Waals surface area contributed by atoms with Crippen molar-refractivity contribution in [1.29, 1.82) is 0 Å². The molecule has 6 heteroatoms. The molecule has 0 aliphatic heterocycles. The number of aryl methyl sites for hydroxylation is 1. The van der Waals surface area contributed by atoms with Gasteiger partial charge in [-0.15, -0.1) is 0 Å². The van der Waals surface area contributed by atoms with E-state index in [0.717, 1.165) is 16.9 Å². The Hall–Kier alpha value is -3.67. The highest BCUT2D eigenvalue weighted by Crippen LogP contribution is 2.19. The van der Waals surface area contributed by atoms with Crippen LogP contribution in [0.1, 0.15) is 27.9 Å². The molecule has 0 bridgehead atoms. The van der Waals surface area contributed by atoms with Gasteiger partial charge in [0, 0.05) is 31.0 Å². The smallest absolute Gasteiger partial charge is 0.253 e. The summed E-state index contributed by atoms with van der Waals surface area (Å²) in [4.78, 5) is 28.4. The molecule has 0 aliphatic rings. The molecular formula is C23H23N3O3. The van der Waals surface area contributed by atoms with E-state index in [0.29, 0.717) is 30.6 Å². The fraction of sp³-hybridized carbons (Fsp3) is 0.174. The summed E-state index contributed by atoms with van der Waals surface area (Å²) in [5, 5.41) is 5.76. The second-order valence-corrected chi connectivity index (χ2v) is 6.48. The number of aromatic nitrogens is 1. The molecule has 1 aromatic heterocycles. The van der Waals surface area contributed by atoms with Crippen LogP contribution in [0.5, 0.6) is 5.75 Å². The largest absolute Gasteiger partial charge is 0.496 e. The van der Waals surface area contributed by atoms with E-state index < -0.39 is 0 Å². The van der Waals surface area contributed by atoms with Crippen LogP contribution in [0.15, 0.2) is 73.1 Å². The summed E-state index contributed by atoms with van der Waals surface area (Å²) in [5.74, 6) is 0.517. The first-order valence-corrected chi connectivity index (χ1v) is 9.34. The molecule has 0 spiro atoms. The van der Waals surface area contributed by atoms with Crippen LogP contribution in [0.4, 0.5) is 5.69 Å². The minimum atomic E-state index is -0.190. The van der Waals surface area contributed by atoms with Crippen molar-refractivity contribution in [2.45, 2.75) is 19.4 Å². The fourth-order valence-corrected chi connectivity index (χ4v) is 2.92. The van der Waals surface area contributed by atoms with Gasteiger partial charge in [0.1, 0.15) is 5.75 Å². The molecule has 2 aromatic carbocycles. The number of anilines is 1. The molecular weight excluding hydrogens is 366 g/mol. The van der Waals surface area contributed by atoms with Gasteiger partial charge in [-0.05, 0) is 47.9 Å². The maximum atomic E-state index is 12.3. The zero-order valence-electron chi connectivity index (χ0n) is 16.2. The zero-order chi connectivity index (χ0) is 20.5. The number of carbonyl (C=O) groups is 2. The summed E-state index contributed by atoms with van der Waals surface area (Å²) < 4.78 is 5.32. The predicted molar refractivity (Wildman–Crippen MR) is 112 cm³/mol. The zero-order valence-corrected chi connectivity index (χ0v) is 16.2. The number of carbonyl (C=O) groups excluding carboxylic acids is 2. The van der Waals surface area contributed by atoms with Gasteiger partial charge in [0.15, 0.2) is 0 Å². The number of benzene rings is 2. The Kier molecular flexibility index (Phi) is 6.95. The van der Waals surface area contributed by atoms with Crippen molar-refractivity contribution in [3.05, 3.63) is 89.7 Å². The molecule has 1 heterocycles. The first-order valence-electron chi connectivity index (χ1n) is 9.34. The van der Waals surface area contributed by atoms with E-state index >= 15 is 0 Å².